The molecule has 74 valence electrons. The summed E-state index contributed by atoms with van der Waals surface area (Å²) in [5, 5.41) is 14.6. The lowest BCUT2D eigenvalue weighted by Gasteiger charge is -2.07. The summed E-state index contributed by atoms with van der Waals surface area (Å²) in [6.07, 6.45) is 3.83. The van der Waals surface area contributed by atoms with Crippen molar-refractivity contribution in [2.24, 2.45) is 7.05 Å². The van der Waals surface area contributed by atoms with Crippen molar-refractivity contribution in [2.75, 3.05) is 0 Å². The third-order valence-corrected chi connectivity index (χ3v) is 3.27. The monoisotopic (exact) mass is 197 g/mol. The molecule has 1 fully saturated rings. The van der Waals surface area contributed by atoms with E-state index in [2.05, 4.69) is 17.2 Å². The summed E-state index contributed by atoms with van der Waals surface area (Å²) in [6, 6.07) is 8.54. The minimum Gasteiger partial charge on any atom is -0.268 e. The quantitative estimate of drug-likeness (QED) is 0.702. The molecule has 1 saturated carbocycles. The molecule has 1 aliphatic rings. The van der Waals surface area contributed by atoms with E-state index in [-0.39, 0.29) is 5.41 Å². The van der Waals surface area contributed by atoms with E-state index in [1.807, 2.05) is 30.1 Å². The molecule has 3 rings (SSSR count). The first-order valence-corrected chi connectivity index (χ1v) is 5.09. The van der Waals surface area contributed by atoms with Gasteiger partial charge in [0.15, 0.2) is 0 Å². The van der Waals surface area contributed by atoms with Gasteiger partial charge in [-0.3, -0.25) is 4.68 Å². The van der Waals surface area contributed by atoms with E-state index in [9.17, 15) is 5.26 Å². The second kappa shape index (κ2) is 2.60. The SMILES string of the molecule is Cn1ncc2c(C3(C#N)CC3)cccc21. The molecule has 2 aromatic rings. The molecule has 1 aromatic heterocycles. The molecule has 0 N–H and O–H groups in total. The van der Waals surface area contributed by atoms with Gasteiger partial charge >= 0.3 is 0 Å². The van der Waals surface area contributed by atoms with Gasteiger partial charge in [0.25, 0.3) is 0 Å². The lowest BCUT2D eigenvalue weighted by atomic mass is 9.94. The molecule has 0 spiro atoms. The highest BCUT2D eigenvalue weighted by Gasteiger charge is 2.45. The molecule has 0 unspecified atom stereocenters. The average molecular weight is 197 g/mol. The van der Waals surface area contributed by atoms with Crippen molar-refractivity contribution in [3.63, 3.8) is 0 Å². The zero-order chi connectivity index (χ0) is 10.5. The lowest BCUT2D eigenvalue weighted by molar-refractivity contribution is 0.797. The summed E-state index contributed by atoms with van der Waals surface area (Å²) in [6.45, 7) is 0. The Morgan fingerprint density at radius 2 is 2.27 bits per heavy atom. The van der Waals surface area contributed by atoms with Gasteiger partial charge in [-0.25, -0.2) is 0 Å². The van der Waals surface area contributed by atoms with Crippen LogP contribution < -0.4 is 0 Å². The maximum absolute atomic E-state index is 9.20. The molecule has 0 aliphatic heterocycles. The topological polar surface area (TPSA) is 41.6 Å². The Morgan fingerprint density at radius 3 is 2.93 bits per heavy atom. The Kier molecular flexibility index (Phi) is 1.47. The Bertz CT molecular complexity index is 570. The van der Waals surface area contributed by atoms with E-state index in [1.54, 1.807) is 0 Å². The summed E-state index contributed by atoms with van der Waals surface area (Å²) in [7, 11) is 1.93. The van der Waals surface area contributed by atoms with Crippen molar-refractivity contribution in [3.05, 3.63) is 30.0 Å². The number of rotatable bonds is 1. The molecule has 1 heterocycles. The van der Waals surface area contributed by atoms with Crippen molar-refractivity contribution >= 4 is 10.9 Å². The minimum absolute atomic E-state index is 0.220. The first kappa shape index (κ1) is 8.49. The van der Waals surface area contributed by atoms with E-state index >= 15 is 0 Å². The molecule has 0 atom stereocenters. The van der Waals surface area contributed by atoms with Gasteiger partial charge in [-0.1, -0.05) is 12.1 Å². The van der Waals surface area contributed by atoms with Crippen molar-refractivity contribution in [1.29, 1.82) is 5.26 Å². The fourth-order valence-electron chi connectivity index (χ4n) is 2.16. The van der Waals surface area contributed by atoms with Gasteiger partial charge in [0, 0.05) is 12.4 Å². The second-order valence-corrected chi connectivity index (χ2v) is 4.20. The predicted molar refractivity (Wildman–Crippen MR) is 57.2 cm³/mol. The number of fused-ring (bicyclic) bond motifs is 1. The first-order chi connectivity index (χ1) is 7.27. The first-order valence-electron chi connectivity index (χ1n) is 5.09. The smallest absolute Gasteiger partial charge is 0.0830 e. The van der Waals surface area contributed by atoms with Crippen LogP contribution in [-0.4, -0.2) is 9.78 Å². The van der Waals surface area contributed by atoms with Crippen molar-refractivity contribution in [1.82, 2.24) is 9.78 Å². The van der Waals surface area contributed by atoms with E-state index < -0.39 is 0 Å². The molecule has 0 bridgehead atoms. The highest BCUT2D eigenvalue weighted by Crippen LogP contribution is 2.49. The number of hydrogen-bond donors (Lipinski definition) is 0. The minimum atomic E-state index is -0.220. The van der Waals surface area contributed by atoms with Crippen LogP contribution in [0.5, 0.6) is 0 Å². The Balaban J connectivity index is 2.33. The average Bonchev–Trinajstić information content (AvgIpc) is 2.98. The zero-order valence-corrected chi connectivity index (χ0v) is 8.57. The summed E-state index contributed by atoms with van der Waals surface area (Å²) < 4.78 is 1.85. The van der Waals surface area contributed by atoms with Gasteiger partial charge in [0.2, 0.25) is 0 Å². The molecular weight excluding hydrogens is 186 g/mol. The molecule has 0 saturated heterocycles. The largest absolute Gasteiger partial charge is 0.268 e. The number of aromatic nitrogens is 2. The van der Waals surface area contributed by atoms with Crippen LogP contribution in [0.25, 0.3) is 10.9 Å². The summed E-state index contributed by atoms with van der Waals surface area (Å²) in [5.74, 6) is 0. The van der Waals surface area contributed by atoms with Crippen LogP contribution in [0.1, 0.15) is 18.4 Å². The van der Waals surface area contributed by atoms with Gasteiger partial charge < -0.3 is 0 Å². The van der Waals surface area contributed by atoms with Crippen molar-refractivity contribution < 1.29 is 0 Å². The van der Waals surface area contributed by atoms with E-state index in [0.29, 0.717) is 0 Å². The van der Waals surface area contributed by atoms with E-state index in [4.69, 9.17) is 0 Å². The van der Waals surface area contributed by atoms with Crippen LogP contribution in [0.15, 0.2) is 24.4 Å². The Hall–Kier alpha value is -1.82. The van der Waals surface area contributed by atoms with Gasteiger partial charge in [0.1, 0.15) is 0 Å². The maximum atomic E-state index is 9.20. The van der Waals surface area contributed by atoms with Crippen LogP contribution in [0, 0.1) is 11.3 Å². The Morgan fingerprint density at radius 1 is 1.47 bits per heavy atom. The normalized spacial score (nSPS) is 17.6. The lowest BCUT2D eigenvalue weighted by Crippen LogP contribution is -2.02. The van der Waals surface area contributed by atoms with Gasteiger partial charge in [-0.2, -0.15) is 10.4 Å². The van der Waals surface area contributed by atoms with Crippen molar-refractivity contribution in [2.45, 2.75) is 18.3 Å². The van der Waals surface area contributed by atoms with E-state index in [0.717, 1.165) is 29.3 Å². The molecule has 0 radical (unpaired) electrons. The third kappa shape index (κ3) is 1.02. The van der Waals surface area contributed by atoms with Crippen LogP contribution in [0.4, 0.5) is 0 Å². The summed E-state index contributed by atoms with van der Waals surface area (Å²) >= 11 is 0. The van der Waals surface area contributed by atoms with Gasteiger partial charge in [-0.15, -0.1) is 0 Å². The standard InChI is InChI=1S/C12H11N3/c1-15-11-4-2-3-10(9(11)7-14-15)12(8-13)5-6-12/h2-4,7H,5-6H2,1H3. The summed E-state index contributed by atoms with van der Waals surface area (Å²) in [4.78, 5) is 0. The number of nitrogens with zero attached hydrogens (tertiary/aromatic N) is 3. The van der Waals surface area contributed by atoms with Crippen molar-refractivity contribution in [3.8, 4) is 6.07 Å². The second-order valence-electron chi connectivity index (χ2n) is 4.20. The van der Waals surface area contributed by atoms with Gasteiger partial charge in [0.05, 0.1) is 23.2 Å². The number of aryl methyl sites for hydroxylation is 1. The predicted octanol–water partition coefficient (Wildman–Crippen LogP) is 2.13. The molecule has 1 aromatic carbocycles. The molecule has 1 aliphatic carbocycles. The summed E-state index contributed by atoms with van der Waals surface area (Å²) in [5.41, 5.74) is 2.03. The fourth-order valence-corrected chi connectivity index (χ4v) is 2.16. The molecule has 3 heteroatoms. The maximum Gasteiger partial charge on any atom is 0.0830 e. The van der Waals surface area contributed by atoms with Crippen LogP contribution in [0.3, 0.4) is 0 Å². The van der Waals surface area contributed by atoms with Gasteiger partial charge in [-0.05, 0) is 24.5 Å². The van der Waals surface area contributed by atoms with E-state index in [1.165, 1.54) is 0 Å². The molecule has 3 nitrogen and oxygen atoms in total. The highest BCUT2D eigenvalue weighted by molar-refractivity contribution is 5.84. The molecule has 15 heavy (non-hydrogen) atoms. The Labute approximate surface area is 87.9 Å². The highest BCUT2D eigenvalue weighted by atomic mass is 15.2. The third-order valence-electron chi connectivity index (χ3n) is 3.27. The van der Waals surface area contributed by atoms with Crippen LogP contribution in [0.2, 0.25) is 0 Å². The fraction of sp³-hybridized carbons (Fsp3) is 0.333. The number of hydrogen-bond acceptors (Lipinski definition) is 2. The van der Waals surface area contributed by atoms with Crippen LogP contribution >= 0.6 is 0 Å². The number of benzene rings is 1. The number of nitriles is 1. The molecular formula is C12H11N3. The molecule has 0 amide bonds. The van der Waals surface area contributed by atoms with Crippen LogP contribution in [-0.2, 0) is 12.5 Å². The zero-order valence-electron chi connectivity index (χ0n) is 8.57.